The lowest BCUT2D eigenvalue weighted by molar-refractivity contribution is -0.117. The highest BCUT2D eigenvalue weighted by Gasteiger charge is 2.29. The van der Waals surface area contributed by atoms with Gasteiger partial charge in [-0.25, -0.2) is 0 Å². The Balaban J connectivity index is 1.71. The average Bonchev–Trinajstić information content (AvgIpc) is 2.23. The van der Waals surface area contributed by atoms with E-state index in [0.29, 0.717) is 24.9 Å². The van der Waals surface area contributed by atoms with Crippen LogP contribution in [-0.2, 0) is 4.79 Å². The number of nitrogens with one attached hydrogen (secondary N) is 1. The summed E-state index contributed by atoms with van der Waals surface area (Å²) in [6, 6.07) is 8.57. The summed E-state index contributed by atoms with van der Waals surface area (Å²) < 4.78 is 0. The standard InChI is InChI=1S/C13H17ClN2O/c14-11-3-1-9(2-4-11)10-7-12(8-10)16-6-5-13(15)17/h1-4,10,12,16H,5-8H2,(H2,15,17). The number of hydrogen-bond acceptors (Lipinski definition) is 2. The van der Waals surface area contributed by atoms with Crippen molar-refractivity contribution in [1.29, 1.82) is 0 Å². The summed E-state index contributed by atoms with van der Waals surface area (Å²) >= 11 is 5.85. The molecule has 0 saturated heterocycles. The molecular formula is C13H17ClN2O. The molecule has 3 N–H and O–H groups in total. The Morgan fingerprint density at radius 1 is 1.35 bits per heavy atom. The third-order valence-corrected chi connectivity index (χ3v) is 3.54. The molecule has 0 bridgehead atoms. The lowest BCUT2D eigenvalue weighted by atomic mass is 9.76. The molecule has 0 heterocycles. The molecule has 0 aliphatic heterocycles. The Morgan fingerprint density at radius 3 is 2.59 bits per heavy atom. The molecule has 0 unspecified atom stereocenters. The molecule has 1 aliphatic carbocycles. The quantitative estimate of drug-likeness (QED) is 0.843. The van der Waals surface area contributed by atoms with E-state index in [0.717, 1.165) is 17.9 Å². The van der Waals surface area contributed by atoms with Crippen LogP contribution in [0.25, 0.3) is 0 Å². The van der Waals surface area contributed by atoms with Crippen LogP contribution in [0.1, 0.15) is 30.7 Å². The molecule has 1 amide bonds. The monoisotopic (exact) mass is 252 g/mol. The van der Waals surface area contributed by atoms with Crippen molar-refractivity contribution in [2.75, 3.05) is 6.54 Å². The molecule has 92 valence electrons. The van der Waals surface area contributed by atoms with Crippen molar-refractivity contribution in [3.05, 3.63) is 34.9 Å². The summed E-state index contributed by atoms with van der Waals surface area (Å²) in [4.78, 5) is 10.6. The van der Waals surface area contributed by atoms with Gasteiger partial charge in [0.1, 0.15) is 0 Å². The van der Waals surface area contributed by atoms with Crippen LogP contribution < -0.4 is 11.1 Å². The minimum atomic E-state index is -0.244. The van der Waals surface area contributed by atoms with Gasteiger partial charge >= 0.3 is 0 Å². The van der Waals surface area contributed by atoms with Gasteiger partial charge in [-0.1, -0.05) is 23.7 Å². The Kier molecular flexibility index (Phi) is 4.02. The topological polar surface area (TPSA) is 55.1 Å². The molecule has 0 radical (unpaired) electrons. The van der Waals surface area contributed by atoms with E-state index >= 15 is 0 Å². The van der Waals surface area contributed by atoms with Crippen LogP contribution >= 0.6 is 11.6 Å². The van der Waals surface area contributed by atoms with Crippen molar-refractivity contribution in [2.45, 2.75) is 31.2 Å². The van der Waals surface area contributed by atoms with Gasteiger partial charge in [0, 0.05) is 24.0 Å². The largest absolute Gasteiger partial charge is 0.370 e. The summed E-state index contributed by atoms with van der Waals surface area (Å²) in [7, 11) is 0. The normalized spacial score (nSPS) is 23.1. The van der Waals surface area contributed by atoms with Gasteiger partial charge in [0.15, 0.2) is 0 Å². The van der Waals surface area contributed by atoms with E-state index in [-0.39, 0.29) is 5.91 Å². The fourth-order valence-corrected chi connectivity index (χ4v) is 2.32. The predicted molar refractivity (Wildman–Crippen MR) is 69.0 cm³/mol. The van der Waals surface area contributed by atoms with Crippen LogP contribution in [0.4, 0.5) is 0 Å². The maximum atomic E-state index is 10.6. The number of amides is 1. The van der Waals surface area contributed by atoms with Crippen molar-refractivity contribution in [2.24, 2.45) is 5.73 Å². The number of benzene rings is 1. The third-order valence-electron chi connectivity index (χ3n) is 3.28. The average molecular weight is 253 g/mol. The van der Waals surface area contributed by atoms with Crippen molar-refractivity contribution in [1.82, 2.24) is 5.32 Å². The van der Waals surface area contributed by atoms with E-state index in [1.807, 2.05) is 12.1 Å². The van der Waals surface area contributed by atoms with E-state index < -0.39 is 0 Å². The lowest BCUT2D eigenvalue weighted by Crippen LogP contribution is -2.41. The van der Waals surface area contributed by atoms with Crippen molar-refractivity contribution >= 4 is 17.5 Å². The first-order chi connectivity index (χ1) is 8.15. The van der Waals surface area contributed by atoms with Crippen LogP contribution in [0.2, 0.25) is 5.02 Å². The fraction of sp³-hybridized carbons (Fsp3) is 0.462. The van der Waals surface area contributed by atoms with Gasteiger partial charge in [-0.15, -0.1) is 0 Å². The second-order valence-corrected chi connectivity index (χ2v) is 5.02. The molecule has 1 aromatic carbocycles. The molecule has 1 fully saturated rings. The molecule has 0 aromatic heterocycles. The van der Waals surface area contributed by atoms with E-state index in [9.17, 15) is 4.79 Å². The highest BCUT2D eigenvalue weighted by molar-refractivity contribution is 6.30. The number of rotatable bonds is 5. The van der Waals surface area contributed by atoms with Crippen molar-refractivity contribution in [3.8, 4) is 0 Å². The lowest BCUT2D eigenvalue weighted by Gasteiger charge is -2.36. The van der Waals surface area contributed by atoms with Gasteiger partial charge in [-0.05, 0) is 36.5 Å². The SMILES string of the molecule is NC(=O)CCNC1CC(c2ccc(Cl)cc2)C1. The van der Waals surface area contributed by atoms with Crippen LogP contribution in [0, 0.1) is 0 Å². The van der Waals surface area contributed by atoms with Gasteiger partial charge in [0.2, 0.25) is 5.91 Å². The Bertz CT molecular complexity index is 385. The molecule has 0 spiro atoms. The zero-order valence-electron chi connectivity index (χ0n) is 9.66. The summed E-state index contributed by atoms with van der Waals surface area (Å²) in [5.41, 5.74) is 6.43. The van der Waals surface area contributed by atoms with E-state index in [1.165, 1.54) is 5.56 Å². The summed E-state index contributed by atoms with van der Waals surface area (Å²) in [5.74, 6) is 0.379. The molecule has 1 aliphatic rings. The van der Waals surface area contributed by atoms with Crippen molar-refractivity contribution < 1.29 is 4.79 Å². The molecule has 2 rings (SSSR count). The minimum absolute atomic E-state index is 0.244. The van der Waals surface area contributed by atoms with E-state index in [1.54, 1.807) is 0 Å². The minimum Gasteiger partial charge on any atom is -0.370 e. The maximum Gasteiger partial charge on any atom is 0.218 e. The molecule has 1 aromatic rings. The van der Waals surface area contributed by atoms with E-state index in [4.69, 9.17) is 17.3 Å². The predicted octanol–water partition coefficient (Wildman–Crippen LogP) is 2.05. The number of halogens is 1. The fourth-order valence-electron chi connectivity index (χ4n) is 2.19. The number of carbonyl (C=O) groups excluding carboxylic acids is 1. The zero-order chi connectivity index (χ0) is 12.3. The molecule has 3 nitrogen and oxygen atoms in total. The van der Waals surface area contributed by atoms with Crippen LogP contribution in [0.15, 0.2) is 24.3 Å². The molecule has 0 atom stereocenters. The molecule has 1 saturated carbocycles. The van der Waals surface area contributed by atoms with Crippen LogP contribution in [0.3, 0.4) is 0 Å². The Labute approximate surface area is 106 Å². The van der Waals surface area contributed by atoms with Gasteiger partial charge in [0.25, 0.3) is 0 Å². The third kappa shape index (κ3) is 3.45. The maximum absolute atomic E-state index is 10.6. The van der Waals surface area contributed by atoms with Crippen molar-refractivity contribution in [3.63, 3.8) is 0 Å². The van der Waals surface area contributed by atoms with Gasteiger partial charge < -0.3 is 11.1 Å². The molecule has 4 heteroatoms. The molecule has 17 heavy (non-hydrogen) atoms. The first-order valence-corrected chi connectivity index (χ1v) is 6.30. The highest BCUT2D eigenvalue weighted by atomic mass is 35.5. The number of nitrogens with two attached hydrogens (primary N) is 1. The number of carbonyl (C=O) groups is 1. The van der Waals surface area contributed by atoms with Gasteiger partial charge in [-0.3, -0.25) is 4.79 Å². The van der Waals surface area contributed by atoms with Gasteiger partial charge in [-0.2, -0.15) is 0 Å². The van der Waals surface area contributed by atoms with E-state index in [2.05, 4.69) is 17.4 Å². The number of hydrogen-bond donors (Lipinski definition) is 2. The summed E-state index contributed by atoms with van der Waals surface area (Å²) in [5, 5.41) is 4.12. The van der Waals surface area contributed by atoms with Crippen LogP contribution in [0.5, 0.6) is 0 Å². The summed E-state index contributed by atoms with van der Waals surface area (Å²) in [6.07, 6.45) is 2.67. The number of primary amides is 1. The first kappa shape index (κ1) is 12.4. The Morgan fingerprint density at radius 2 is 2.00 bits per heavy atom. The van der Waals surface area contributed by atoms with Crippen LogP contribution in [-0.4, -0.2) is 18.5 Å². The molecular weight excluding hydrogens is 236 g/mol. The zero-order valence-corrected chi connectivity index (χ0v) is 10.4. The summed E-state index contributed by atoms with van der Waals surface area (Å²) in [6.45, 7) is 0.688. The second-order valence-electron chi connectivity index (χ2n) is 4.59. The second kappa shape index (κ2) is 5.52. The van der Waals surface area contributed by atoms with Gasteiger partial charge in [0.05, 0.1) is 0 Å². The first-order valence-electron chi connectivity index (χ1n) is 5.92. The smallest absolute Gasteiger partial charge is 0.218 e. The highest BCUT2D eigenvalue weighted by Crippen LogP contribution is 2.37. The Hall–Kier alpha value is -1.06.